The molecule has 0 aliphatic heterocycles. The van der Waals surface area contributed by atoms with Gasteiger partial charge in [-0.25, -0.2) is 4.98 Å². The van der Waals surface area contributed by atoms with Crippen LogP contribution in [0.15, 0.2) is 35.2 Å². The second kappa shape index (κ2) is 6.04. The minimum Gasteiger partial charge on any atom is -0.490 e. The van der Waals surface area contributed by atoms with E-state index in [0.29, 0.717) is 11.3 Å². The van der Waals surface area contributed by atoms with E-state index in [4.69, 9.17) is 14.9 Å². The summed E-state index contributed by atoms with van der Waals surface area (Å²) in [6.45, 7) is 1.84. The molecule has 2 N–H and O–H groups in total. The first-order valence-corrected chi connectivity index (χ1v) is 6.07. The molecule has 0 fully saturated rings. The van der Waals surface area contributed by atoms with E-state index < -0.39 is 18.2 Å². The maximum Gasteiger partial charge on any atom is 0.573 e. The maximum absolute atomic E-state index is 12.3. The summed E-state index contributed by atoms with van der Waals surface area (Å²) in [4.78, 5) is 3.74. The number of oxazole rings is 1. The zero-order valence-corrected chi connectivity index (χ0v) is 11.1. The number of hydrogen-bond donors (Lipinski definition) is 1. The molecule has 0 aliphatic carbocycles. The smallest absolute Gasteiger partial charge is 0.490 e. The van der Waals surface area contributed by atoms with Crippen LogP contribution in [0.25, 0.3) is 0 Å². The Balaban J connectivity index is 2.31. The summed E-state index contributed by atoms with van der Waals surface area (Å²) in [6.07, 6.45) is -2.13. The molecule has 0 radical (unpaired) electrons. The van der Waals surface area contributed by atoms with Crippen LogP contribution in [0.5, 0.6) is 11.5 Å². The molecular weight excluding hydrogens is 289 g/mol. The molecule has 0 aliphatic rings. The van der Waals surface area contributed by atoms with E-state index >= 15 is 0 Å². The molecule has 1 aromatic carbocycles. The Hall–Kier alpha value is -2.22. The van der Waals surface area contributed by atoms with Crippen molar-refractivity contribution in [3.8, 4) is 11.5 Å². The molecule has 1 heterocycles. The van der Waals surface area contributed by atoms with Gasteiger partial charge in [0.05, 0.1) is 18.8 Å². The molecule has 0 bridgehead atoms. The lowest BCUT2D eigenvalue weighted by Crippen LogP contribution is -2.18. The molecule has 2 rings (SSSR count). The topological polar surface area (TPSA) is 70.5 Å². The van der Waals surface area contributed by atoms with Crippen LogP contribution in [0.3, 0.4) is 0 Å². The highest BCUT2D eigenvalue weighted by Gasteiger charge is 2.32. The Morgan fingerprint density at radius 2 is 2.10 bits per heavy atom. The number of benzene rings is 1. The van der Waals surface area contributed by atoms with Crippen LogP contribution >= 0.6 is 0 Å². The van der Waals surface area contributed by atoms with Gasteiger partial charge >= 0.3 is 6.36 Å². The molecule has 8 heteroatoms. The summed E-state index contributed by atoms with van der Waals surface area (Å²) in [5.41, 5.74) is 6.47. The van der Waals surface area contributed by atoms with Gasteiger partial charge in [0, 0.05) is 0 Å². The molecule has 0 spiro atoms. The highest BCUT2D eigenvalue weighted by molar-refractivity contribution is 5.45. The summed E-state index contributed by atoms with van der Waals surface area (Å²) >= 11 is 0. The number of rotatable bonds is 5. The van der Waals surface area contributed by atoms with Crippen LogP contribution in [0.4, 0.5) is 13.2 Å². The van der Waals surface area contributed by atoms with Gasteiger partial charge in [0.15, 0.2) is 17.9 Å². The fraction of sp³-hybridized carbons (Fsp3) is 0.308. The van der Waals surface area contributed by atoms with Crippen LogP contribution in [-0.2, 0) is 0 Å². The first-order chi connectivity index (χ1) is 9.90. The van der Waals surface area contributed by atoms with Crippen LogP contribution in [0.2, 0.25) is 0 Å². The van der Waals surface area contributed by atoms with Gasteiger partial charge in [0.2, 0.25) is 0 Å². The molecule has 1 atom stereocenters. The second-order valence-corrected chi connectivity index (χ2v) is 4.07. The molecule has 5 nitrogen and oxygen atoms in total. The summed E-state index contributed by atoms with van der Waals surface area (Å²) in [6, 6.07) is 3.30. The first kappa shape index (κ1) is 15.2. The monoisotopic (exact) mass is 302 g/mol. The number of halogens is 3. The highest BCUT2D eigenvalue weighted by Crippen LogP contribution is 2.35. The molecule has 21 heavy (non-hydrogen) atoms. The summed E-state index contributed by atoms with van der Waals surface area (Å²) in [5, 5.41) is 0. The second-order valence-electron chi connectivity index (χ2n) is 4.07. The quantitative estimate of drug-likeness (QED) is 0.919. The Labute approximate surface area is 118 Å². The number of aromatic nitrogens is 1. The van der Waals surface area contributed by atoms with Crippen molar-refractivity contribution in [1.82, 2.24) is 4.98 Å². The Morgan fingerprint density at radius 1 is 1.33 bits per heavy atom. The van der Waals surface area contributed by atoms with Crippen LogP contribution < -0.4 is 15.2 Å². The number of alkyl halides is 3. The predicted octanol–water partition coefficient (Wildman–Crippen LogP) is 3.02. The van der Waals surface area contributed by atoms with Crippen molar-refractivity contribution in [3.63, 3.8) is 0 Å². The van der Waals surface area contributed by atoms with E-state index in [1.165, 1.54) is 24.7 Å². The van der Waals surface area contributed by atoms with Crippen molar-refractivity contribution >= 4 is 0 Å². The van der Waals surface area contributed by atoms with Gasteiger partial charge in [0.1, 0.15) is 5.76 Å². The van der Waals surface area contributed by atoms with E-state index in [2.05, 4.69) is 9.72 Å². The van der Waals surface area contributed by atoms with Crippen molar-refractivity contribution in [2.24, 2.45) is 5.73 Å². The predicted molar refractivity (Wildman–Crippen MR) is 66.8 cm³/mol. The van der Waals surface area contributed by atoms with Gasteiger partial charge in [-0.05, 0) is 24.6 Å². The number of nitrogens with two attached hydrogens (primary N) is 1. The normalized spacial score (nSPS) is 13.0. The van der Waals surface area contributed by atoms with E-state index in [1.807, 2.05) is 0 Å². The lowest BCUT2D eigenvalue weighted by molar-refractivity contribution is -0.275. The van der Waals surface area contributed by atoms with Gasteiger partial charge in [-0.15, -0.1) is 13.2 Å². The molecule has 1 aromatic heterocycles. The molecule has 2 aromatic rings. The van der Waals surface area contributed by atoms with Gasteiger partial charge in [-0.1, -0.05) is 6.07 Å². The third-order valence-corrected chi connectivity index (χ3v) is 2.61. The minimum atomic E-state index is -4.79. The van der Waals surface area contributed by atoms with E-state index in [0.717, 1.165) is 6.07 Å². The zero-order chi connectivity index (χ0) is 15.5. The SMILES string of the molecule is CCOc1cc(C(N)c2cnco2)ccc1OC(F)(F)F. The standard InChI is InChI=1S/C13H13F3N2O3/c1-2-19-10-5-8(12(17)11-6-18-7-20-11)3-4-9(10)21-13(14,15)16/h3-7,12H,2,17H2,1H3. The van der Waals surface area contributed by atoms with Gasteiger partial charge in [-0.2, -0.15) is 0 Å². The fourth-order valence-corrected chi connectivity index (χ4v) is 1.74. The van der Waals surface area contributed by atoms with E-state index in [1.54, 1.807) is 6.92 Å². The largest absolute Gasteiger partial charge is 0.573 e. The van der Waals surface area contributed by atoms with Crippen LogP contribution in [-0.4, -0.2) is 18.0 Å². The third-order valence-electron chi connectivity index (χ3n) is 2.61. The number of hydrogen-bond acceptors (Lipinski definition) is 5. The van der Waals surface area contributed by atoms with Crippen molar-refractivity contribution in [1.29, 1.82) is 0 Å². The Kier molecular flexibility index (Phi) is 4.37. The van der Waals surface area contributed by atoms with Gasteiger partial charge < -0.3 is 19.6 Å². The third kappa shape index (κ3) is 3.88. The summed E-state index contributed by atoms with van der Waals surface area (Å²) in [7, 11) is 0. The summed E-state index contributed by atoms with van der Waals surface area (Å²) < 4.78 is 51.1. The Morgan fingerprint density at radius 3 is 2.67 bits per heavy atom. The first-order valence-electron chi connectivity index (χ1n) is 6.07. The lowest BCUT2D eigenvalue weighted by Gasteiger charge is -2.16. The van der Waals surface area contributed by atoms with E-state index in [-0.39, 0.29) is 12.4 Å². The average Bonchev–Trinajstić information content (AvgIpc) is 2.92. The zero-order valence-electron chi connectivity index (χ0n) is 11.1. The molecular formula is C13H13F3N2O3. The average molecular weight is 302 g/mol. The van der Waals surface area contributed by atoms with Crippen molar-refractivity contribution < 1.29 is 27.1 Å². The fourth-order valence-electron chi connectivity index (χ4n) is 1.74. The van der Waals surface area contributed by atoms with E-state index in [9.17, 15) is 13.2 Å². The van der Waals surface area contributed by atoms with Crippen molar-refractivity contribution in [2.75, 3.05) is 6.61 Å². The van der Waals surface area contributed by atoms with Crippen molar-refractivity contribution in [2.45, 2.75) is 19.3 Å². The summed E-state index contributed by atoms with van der Waals surface area (Å²) in [5.74, 6) is -0.0675. The molecule has 1 unspecified atom stereocenters. The molecule has 0 saturated heterocycles. The van der Waals surface area contributed by atoms with Crippen LogP contribution in [0, 0.1) is 0 Å². The molecule has 114 valence electrons. The maximum atomic E-state index is 12.3. The molecule has 0 saturated carbocycles. The lowest BCUT2D eigenvalue weighted by atomic mass is 10.1. The number of nitrogens with zero attached hydrogens (tertiary/aromatic N) is 1. The van der Waals surface area contributed by atoms with Crippen molar-refractivity contribution in [3.05, 3.63) is 42.1 Å². The highest BCUT2D eigenvalue weighted by atomic mass is 19.4. The van der Waals surface area contributed by atoms with Gasteiger partial charge in [-0.3, -0.25) is 0 Å². The number of ether oxygens (including phenoxy) is 2. The Bertz CT molecular complexity index is 585. The van der Waals surface area contributed by atoms with Crippen LogP contribution in [0.1, 0.15) is 24.3 Å². The minimum absolute atomic E-state index is 0.0395. The van der Waals surface area contributed by atoms with Gasteiger partial charge in [0.25, 0.3) is 0 Å². The molecule has 0 amide bonds.